The van der Waals surface area contributed by atoms with Gasteiger partial charge in [-0.2, -0.15) is 5.10 Å². The molecule has 0 aliphatic heterocycles. The lowest BCUT2D eigenvalue weighted by Crippen LogP contribution is -2.23. The minimum absolute atomic E-state index is 0.180. The smallest absolute Gasteiger partial charge is 0.260 e. The molecule has 0 saturated heterocycles. The van der Waals surface area contributed by atoms with Crippen molar-refractivity contribution in [3.63, 3.8) is 0 Å². The van der Waals surface area contributed by atoms with E-state index in [2.05, 4.69) is 20.5 Å². The molecule has 2 heterocycles. The number of hydrazone groups is 1. The first-order valence-corrected chi connectivity index (χ1v) is 7.67. The van der Waals surface area contributed by atoms with Gasteiger partial charge in [-0.3, -0.25) is 4.79 Å². The van der Waals surface area contributed by atoms with E-state index in [4.69, 9.17) is 0 Å². The molecular weight excluding hydrogens is 298 g/mol. The second kappa shape index (κ2) is 6.07. The Bertz CT molecular complexity index is 849. The number of carbonyl (C=O) groups is 1. The van der Waals surface area contributed by atoms with E-state index in [9.17, 15) is 4.79 Å². The van der Waals surface area contributed by atoms with Gasteiger partial charge in [-0.25, -0.2) is 15.4 Å². The molecule has 6 nitrogen and oxygen atoms in total. The van der Waals surface area contributed by atoms with Crippen molar-refractivity contribution in [3.05, 3.63) is 46.2 Å². The molecule has 0 aliphatic rings. The molecule has 3 rings (SSSR count). The number of fused-ring (bicyclic) bond motifs is 1. The molecule has 0 atom stereocenters. The molecule has 112 valence electrons. The summed E-state index contributed by atoms with van der Waals surface area (Å²) >= 11 is 1.54. The Morgan fingerprint density at radius 3 is 2.95 bits per heavy atom. The molecule has 0 bridgehead atoms. The molecule has 0 radical (unpaired) electrons. The van der Waals surface area contributed by atoms with Crippen molar-refractivity contribution in [2.45, 2.75) is 20.4 Å². The average Bonchev–Trinajstić information content (AvgIpc) is 3.03. The predicted octanol–water partition coefficient (Wildman–Crippen LogP) is 2.26. The molecule has 3 aromatic rings. The van der Waals surface area contributed by atoms with E-state index in [1.807, 2.05) is 48.1 Å². The van der Waals surface area contributed by atoms with Crippen molar-refractivity contribution < 1.29 is 4.79 Å². The molecule has 0 unspecified atom stereocenters. The fourth-order valence-electron chi connectivity index (χ4n) is 2.18. The molecule has 0 fully saturated rings. The highest BCUT2D eigenvalue weighted by Crippen LogP contribution is 2.14. The van der Waals surface area contributed by atoms with Crippen LogP contribution in [0.5, 0.6) is 0 Å². The number of para-hydroxylation sites is 2. The van der Waals surface area contributed by atoms with Crippen LogP contribution in [0.2, 0.25) is 0 Å². The number of aryl methyl sites for hydroxylation is 2. The number of aromatic nitrogens is 3. The van der Waals surface area contributed by atoms with Crippen LogP contribution in [0.4, 0.5) is 0 Å². The van der Waals surface area contributed by atoms with E-state index in [1.54, 1.807) is 17.6 Å². The van der Waals surface area contributed by atoms with Crippen molar-refractivity contribution in [2.75, 3.05) is 0 Å². The molecule has 22 heavy (non-hydrogen) atoms. The van der Waals surface area contributed by atoms with Crippen LogP contribution >= 0.6 is 11.3 Å². The number of rotatable bonds is 4. The third-order valence-electron chi connectivity index (χ3n) is 3.17. The summed E-state index contributed by atoms with van der Waals surface area (Å²) in [5.74, 6) is 0.602. The summed E-state index contributed by atoms with van der Waals surface area (Å²) in [4.78, 5) is 20.7. The molecule has 0 spiro atoms. The minimum atomic E-state index is -0.200. The standard InChI is InChI=1S/C15H15N5OS/c1-10-17-13-5-3-4-6-14(13)20(10)8-15(21)19-16-7-12-9-22-11(2)18-12/h3-7,9H,8H2,1-2H3,(H,19,21)/b16-7+. The first kappa shape index (κ1) is 14.4. The highest BCUT2D eigenvalue weighted by molar-refractivity contribution is 7.09. The molecule has 1 N–H and O–H groups in total. The van der Waals surface area contributed by atoms with Crippen molar-refractivity contribution in [3.8, 4) is 0 Å². The number of imidazole rings is 1. The van der Waals surface area contributed by atoms with E-state index in [0.29, 0.717) is 0 Å². The van der Waals surface area contributed by atoms with Crippen LogP contribution in [-0.2, 0) is 11.3 Å². The lowest BCUT2D eigenvalue weighted by Gasteiger charge is -2.05. The molecule has 7 heteroatoms. The number of thiazole rings is 1. The molecule has 0 aliphatic carbocycles. The first-order chi connectivity index (χ1) is 10.6. The Morgan fingerprint density at radius 1 is 1.36 bits per heavy atom. The van der Waals surface area contributed by atoms with Crippen molar-refractivity contribution in [2.24, 2.45) is 5.10 Å². The molecule has 1 aromatic carbocycles. The van der Waals surface area contributed by atoms with Gasteiger partial charge in [-0.05, 0) is 26.0 Å². The zero-order chi connectivity index (χ0) is 15.5. The summed E-state index contributed by atoms with van der Waals surface area (Å²) in [6, 6.07) is 7.74. The number of nitrogens with one attached hydrogen (secondary N) is 1. The van der Waals surface area contributed by atoms with E-state index in [-0.39, 0.29) is 12.5 Å². The molecular formula is C15H15N5OS. The number of nitrogens with zero attached hydrogens (tertiary/aromatic N) is 4. The predicted molar refractivity (Wildman–Crippen MR) is 87.1 cm³/mol. The third kappa shape index (κ3) is 3.04. The normalized spacial score (nSPS) is 11.4. The van der Waals surface area contributed by atoms with Gasteiger partial charge in [0.15, 0.2) is 0 Å². The van der Waals surface area contributed by atoms with E-state index in [1.165, 1.54) is 0 Å². The quantitative estimate of drug-likeness (QED) is 0.593. The summed E-state index contributed by atoms with van der Waals surface area (Å²) in [6.45, 7) is 3.99. The fourth-order valence-corrected chi connectivity index (χ4v) is 2.75. The van der Waals surface area contributed by atoms with Crippen LogP contribution in [0.1, 0.15) is 16.5 Å². The van der Waals surface area contributed by atoms with E-state index < -0.39 is 0 Å². The second-order valence-electron chi connectivity index (χ2n) is 4.82. The Morgan fingerprint density at radius 2 is 2.18 bits per heavy atom. The fraction of sp³-hybridized carbons (Fsp3) is 0.200. The van der Waals surface area contributed by atoms with Gasteiger partial charge in [0.2, 0.25) is 0 Å². The number of carbonyl (C=O) groups excluding carboxylic acids is 1. The average molecular weight is 313 g/mol. The van der Waals surface area contributed by atoms with Crippen LogP contribution in [0, 0.1) is 13.8 Å². The van der Waals surface area contributed by atoms with Gasteiger partial charge in [-0.1, -0.05) is 12.1 Å². The van der Waals surface area contributed by atoms with Crippen molar-refractivity contribution in [1.29, 1.82) is 0 Å². The molecule has 0 saturated carbocycles. The van der Waals surface area contributed by atoms with Gasteiger partial charge in [-0.15, -0.1) is 11.3 Å². The topological polar surface area (TPSA) is 72.2 Å². The lowest BCUT2D eigenvalue weighted by atomic mass is 10.3. The second-order valence-corrected chi connectivity index (χ2v) is 5.88. The van der Waals surface area contributed by atoms with Gasteiger partial charge in [0.1, 0.15) is 12.4 Å². The lowest BCUT2D eigenvalue weighted by molar-refractivity contribution is -0.121. The Kier molecular flexibility index (Phi) is 3.97. The number of hydrogen-bond donors (Lipinski definition) is 1. The Hall–Kier alpha value is -2.54. The summed E-state index contributed by atoms with van der Waals surface area (Å²) in [5, 5.41) is 6.78. The van der Waals surface area contributed by atoms with Gasteiger partial charge < -0.3 is 4.57 Å². The summed E-state index contributed by atoms with van der Waals surface area (Å²) in [7, 11) is 0. The SMILES string of the molecule is Cc1nc(/C=N/NC(=O)Cn2c(C)nc3ccccc32)cs1. The van der Waals surface area contributed by atoms with Gasteiger partial charge in [0.25, 0.3) is 5.91 Å². The third-order valence-corrected chi connectivity index (χ3v) is 3.96. The maximum atomic E-state index is 12.0. The largest absolute Gasteiger partial charge is 0.319 e. The number of hydrogen-bond acceptors (Lipinski definition) is 5. The van der Waals surface area contributed by atoms with Crippen LogP contribution in [0.25, 0.3) is 11.0 Å². The Labute approximate surface area is 131 Å². The van der Waals surface area contributed by atoms with E-state index >= 15 is 0 Å². The van der Waals surface area contributed by atoms with Crippen molar-refractivity contribution >= 4 is 34.5 Å². The molecule has 1 amide bonds. The van der Waals surface area contributed by atoms with Crippen LogP contribution in [0.15, 0.2) is 34.7 Å². The summed E-state index contributed by atoms with van der Waals surface area (Å²) < 4.78 is 1.87. The molecule has 2 aromatic heterocycles. The number of amides is 1. The summed E-state index contributed by atoms with van der Waals surface area (Å²) in [5.41, 5.74) is 5.08. The van der Waals surface area contributed by atoms with Crippen LogP contribution in [0.3, 0.4) is 0 Å². The van der Waals surface area contributed by atoms with Crippen molar-refractivity contribution in [1.82, 2.24) is 20.0 Å². The highest BCUT2D eigenvalue weighted by atomic mass is 32.1. The van der Waals surface area contributed by atoms with Gasteiger partial charge in [0, 0.05) is 5.38 Å². The maximum Gasteiger partial charge on any atom is 0.260 e. The first-order valence-electron chi connectivity index (χ1n) is 6.79. The zero-order valence-corrected chi connectivity index (χ0v) is 13.1. The van der Waals surface area contributed by atoms with Crippen LogP contribution < -0.4 is 5.43 Å². The Balaban J connectivity index is 1.68. The van der Waals surface area contributed by atoms with Crippen LogP contribution in [-0.4, -0.2) is 26.7 Å². The maximum absolute atomic E-state index is 12.0. The van der Waals surface area contributed by atoms with E-state index in [0.717, 1.165) is 27.6 Å². The minimum Gasteiger partial charge on any atom is -0.319 e. The number of benzene rings is 1. The highest BCUT2D eigenvalue weighted by Gasteiger charge is 2.09. The monoisotopic (exact) mass is 313 g/mol. The zero-order valence-electron chi connectivity index (χ0n) is 12.3. The summed E-state index contributed by atoms with van der Waals surface area (Å²) in [6.07, 6.45) is 1.54. The van der Waals surface area contributed by atoms with Gasteiger partial charge in [0.05, 0.1) is 27.9 Å². The van der Waals surface area contributed by atoms with Gasteiger partial charge >= 0.3 is 0 Å².